The molecule has 0 aliphatic carbocycles. The first-order valence-corrected chi connectivity index (χ1v) is 5.38. The average Bonchev–Trinajstić information content (AvgIpc) is 2.68. The van der Waals surface area contributed by atoms with Crippen molar-refractivity contribution >= 4 is 17.2 Å². The van der Waals surface area contributed by atoms with E-state index in [-0.39, 0.29) is 11.9 Å². The SMILES string of the molecule is CNC(C)C(=O)N(C)Cc1cscn1. The van der Waals surface area contributed by atoms with Crippen molar-refractivity contribution in [3.05, 3.63) is 16.6 Å². The molecule has 1 aromatic heterocycles. The second-order valence-corrected chi connectivity index (χ2v) is 3.90. The summed E-state index contributed by atoms with van der Waals surface area (Å²) in [6.45, 7) is 2.42. The monoisotopic (exact) mass is 213 g/mol. The quantitative estimate of drug-likeness (QED) is 0.801. The maximum atomic E-state index is 11.6. The molecular formula is C9H15N3OS. The first kappa shape index (κ1) is 11.1. The molecule has 0 bridgehead atoms. The van der Waals surface area contributed by atoms with Crippen molar-refractivity contribution in [2.45, 2.75) is 19.5 Å². The van der Waals surface area contributed by atoms with Crippen molar-refractivity contribution < 1.29 is 4.79 Å². The van der Waals surface area contributed by atoms with Gasteiger partial charge < -0.3 is 10.2 Å². The molecule has 1 atom stereocenters. The summed E-state index contributed by atoms with van der Waals surface area (Å²) in [5.41, 5.74) is 2.71. The van der Waals surface area contributed by atoms with Gasteiger partial charge in [-0.3, -0.25) is 4.79 Å². The minimum Gasteiger partial charge on any atom is -0.338 e. The summed E-state index contributed by atoms with van der Waals surface area (Å²) < 4.78 is 0. The van der Waals surface area contributed by atoms with E-state index in [4.69, 9.17) is 0 Å². The van der Waals surface area contributed by atoms with E-state index in [1.807, 2.05) is 12.3 Å². The predicted molar refractivity (Wildman–Crippen MR) is 57.1 cm³/mol. The lowest BCUT2D eigenvalue weighted by Gasteiger charge is -2.19. The normalized spacial score (nSPS) is 12.5. The van der Waals surface area contributed by atoms with E-state index >= 15 is 0 Å². The summed E-state index contributed by atoms with van der Waals surface area (Å²) >= 11 is 1.54. The molecule has 0 aromatic carbocycles. The molecule has 0 aliphatic rings. The Hall–Kier alpha value is -0.940. The summed E-state index contributed by atoms with van der Waals surface area (Å²) in [4.78, 5) is 17.4. The summed E-state index contributed by atoms with van der Waals surface area (Å²) in [5.74, 6) is 0.0838. The van der Waals surface area contributed by atoms with Gasteiger partial charge in [0, 0.05) is 12.4 Å². The van der Waals surface area contributed by atoms with Crippen molar-refractivity contribution in [1.29, 1.82) is 0 Å². The topological polar surface area (TPSA) is 45.2 Å². The minimum atomic E-state index is -0.140. The molecule has 1 N–H and O–H groups in total. The first-order valence-electron chi connectivity index (χ1n) is 4.44. The van der Waals surface area contributed by atoms with Crippen LogP contribution in [-0.4, -0.2) is 35.9 Å². The highest BCUT2D eigenvalue weighted by Crippen LogP contribution is 2.04. The van der Waals surface area contributed by atoms with Crippen LogP contribution in [0.2, 0.25) is 0 Å². The van der Waals surface area contributed by atoms with E-state index < -0.39 is 0 Å². The van der Waals surface area contributed by atoms with Gasteiger partial charge in [0.15, 0.2) is 0 Å². The molecule has 5 heteroatoms. The number of nitrogens with one attached hydrogen (secondary N) is 1. The smallest absolute Gasteiger partial charge is 0.239 e. The van der Waals surface area contributed by atoms with Crippen LogP contribution in [0.4, 0.5) is 0 Å². The molecule has 0 aliphatic heterocycles. The zero-order valence-electron chi connectivity index (χ0n) is 8.65. The van der Waals surface area contributed by atoms with E-state index in [0.29, 0.717) is 6.54 Å². The van der Waals surface area contributed by atoms with Crippen molar-refractivity contribution in [2.75, 3.05) is 14.1 Å². The maximum Gasteiger partial charge on any atom is 0.239 e. The number of rotatable bonds is 4. The Balaban J connectivity index is 2.50. The van der Waals surface area contributed by atoms with Gasteiger partial charge in [0.2, 0.25) is 5.91 Å². The molecule has 14 heavy (non-hydrogen) atoms. The zero-order chi connectivity index (χ0) is 10.6. The maximum absolute atomic E-state index is 11.6. The van der Waals surface area contributed by atoms with E-state index in [1.165, 1.54) is 0 Å². The number of carbonyl (C=O) groups is 1. The van der Waals surface area contributed by atoms with Crippen LogP contribution in [0, 0.1) is 0 Å². The van der Waals surface area contributed by atoms with E-state index in [2.05, 4.69) is 10.3 Å². The molecule has 0 spiro atoms. The van der Waals surface area contributed by atoms with Gasteiger partial charge in [0.1, 0.15) is 0 Å². The number of aromatic nitrogens is 1. The number of nitrogens with zero attached hydrogens (tertiary/aromatic N) is 2. The fraction of sp³-hybridized carbons (Fsp3) is 0.556. The predicted octanol–water partition coefficient (Wildman–Crippen LogP) is 0.709. The lowest BCUT2D eigenvalue weighted by atomic mass is 10.3. The third kappa shape index (κ3) is 2.78. The second kappa shape index (κ2) is 5.07. The van der Waals surface area contributed by atoms with Gasteiger partial charge in [-0.1, -0.05) is 0 Å². The molecule has 78 valence electrons. The van der Waals surface area contributed by atoms with Gasteiger partial charge in [-0.15, -0.1) is 11.3 Å². The minimum absolute atomic E-state index is 0.0838. The molecule has 0 saturated carbocycles. The molecule has 0 radical (unpaired) electrons. The number of carbonyl (C=O) groups excluding carboxylic acids is 1. The van der Waals surface area contributed by atoms with Crippen LogP contribution in [0.15, 0.2) is 10.9 Å². The van der Waals surface area contributed by atoms with Gasteiger partial charge in [0.25, 0.3) is 0 Å². The fourth-order valence-electron chi connectivity index (χ4n) is 1.09. The Morgan fingerprint density at radius 1 is 1.79 bits per heavy atom. The third-order valence-corrected chi connectivity index (χ3v) is 2.70. The highest BCUT2D eigenvalue weighted by atomic mass is 32.1. The lowest BCUT2D eigenvalue weighted by molar-refractivity contribution is -0.132. The molecule has 1 aromatic rings. The molecule has 4 nitrogen and oxygen atoms in total. The summed E-state index contributed by atoms with van der Waals surface area (Å²) in [5, 5.41) is 4.87. The number of amides is 1. The summed E-state index contributed by atoms with van der Waals surface area (Å²) in [6.07, 6.45) is 0. The van der Waals surface area contributed by atoms with Crippen LogP contribution in [0.3, 0.4) is 0 Å². The van der Waals surface area contributed by atoms with E-state index in [1.54, 1.807) is 35.8 Å². The van der Waals surface area contributed by atoms with Crippen molar-refractivity contribution in [1.82, 2.24) is 15.2 Å². The van der Waals surface area contributed by atoms with Gasteiger partial charge in [-0.25, -0.2) is 4.98 Å². The molecule has 0 fully saturated rings. The van der Waals surface area contributed by atoms with E-state index in [9.17, 15) is 4.79 Å². The van der Waals surface area contributed by atoms with Crippen LogP contribution in [0.5, 0.6) is 0 Å². The number of hydrogen-bond acceptors (Lipinski definition) is 4. The van der Waals surface area contributed by atoms with Crippen molar-refractivity contribution in [3.8, 4) is 0 Å². The first-order chi connectivity index (χ1) is 6.65. The molecule has 0 saturated heterocycles. The molecule has 1 rings (SSSR count). The Morgan fingerprint density at radius 3 is 3.00 bits per heavy atom. The highest BCUT2D eigenvalue weighted by molar-refractivity contribution is 7.07. The summed E-state index contributed by atoms with van der Waals surface area (Å²) in [7, 11) is 3.56. The third-order valence-electron chi connectivity index (χ3n) is 2.06. The molecule has 1 heterocycles. The Labute approximate surface area is 88.0 Å². The van der Waals surface area contributed by atoms with Crippen molar-refractivity contribution in [2.24, 2.45) is 0 Å². The van der Waals surface area contributed by atoms with Crippen LogP contribution in [0.25, 0.3) is 0 Å². The number of thiazole rings is 1. The van der Waals surface area contributed by atoms with Gasteiger partial charge >= 0.3 is 0 Å². The lowest BCUT2D eigenvalue weighted by Crippen LogP contribution is -2.41. The summed E-state index contributed by atoms with van der Waals surface area (Å²) in [6, 6.07) is -0.140. The standard InChI is InChI=1S/C9H15N3OS/c1-7(10-2)9(13)12(3)4-8-5-14-6-11-8/h5-7,10H,4H2,1-3H3. The van der Waals surface area contributed by atoms with Crippen LogP contribution >= 0.6 is 11.3 Å². The number of likely N-dealkylation sites (N-methyl/N-ethyl adjacent to an activating group) is 2. The van der Waals surface area contributed by atoms with Crippen molar-refractivity contribution in [3.63, 3.8) is 0 Å². The second-order valence-electron chi connectivity index (χ2n) is 3.18. The fourth-order valence-corrected chi connectivity index (χ4v) is 1.64. The molecular weight excluding hydrogens is 198 g/mol. The molecule has 1 unspecified atom stereocenters. The Morgan fingerprint density at radius 2 is 2.50 bits per heavy atom. The van der Waals surface area contributed by atoms with Crippen LogP contribution in [-0.2, 0) is 11.3 Å². The van der Waals surface area contributed by atoms with Crippen LogP contribution < -0.4 is 5.32 Å². The number of hydrogen-bond donors (Lipinski definition) is 1. The Bertz CT molecular complexity index is 286. The van der Waals surface area contributed by atoms with Gasteiger partial charge in [-0.2, -0.15) is 0 Å². The van der Waals surface area contributed by atoms with E-state index in [0.717, 1.165) is 5.69 Å². The molecule has 1 amide bonds. The van der Waals surface area contributed by atoms with Gasteiger partial charge in [-0.05, 0) is 14.0 Å². The highest BCUT2D eigenvalue weighted by Gasteiger charge is 2.15. The average molecular weight is 213 g/mol. The Kier molecular flexibility index (Phi) is 4.03. The van der Waals surface area contributed by atoms with Crippen LogP contribution in [0.1, 0.15) is 12.6 Å². The van der Waals surface area contributed by atoms with Gasteiger partial charge in [0.05, 0.1) is 23.8 Å². The largest absolute Gasteiger partial charge is 0.338 e. The zero-order valence-corrected chi connectivity index (χ0v) is 9.47.